The van der Waals surface area contributed by atoms with Crippen molar-refractivity contribution in [2.45, 2.75) is 79.1 Å². The third-order valence-corrected chi connectivity index (χ3v) is 6.11. The highest BCUT2D eigenvalue weighted by atomic mass is 31.2. The van der Waals surface area contributed by atoms with Gasteiger partial charge in [0, 0.05) is 6.42 Å². The number of rotatable bonds is 15. The quantitative estimate of drug-likeness (QED) is 0.176. The molecule has 0 amide bonds. The van der Waals surface area contributed by atoms with Crippen LogP contribution in [0.25, 0.3) is 5.52 Å². The van der Waals surface area contributed by atoms with Crippen LogP contribution in [-0.2, 0) is 43.7 Å². The highest BCUT2D eigenvalue weighted by Crippen LogP contribution is 2.48. The van der Waals surface area contributed by atoms with Crippen molar-refractivity contribution in [3.8, 4) is 0 Å². The summed E-state index contributed by atoms with van der Waals surface area (Å²) in [6.07, 6.45) is 1.55. The number of hydrogen-bond donors (Lipinski definition) is 0. The van der Waals surface area contributed by atoms with Crippen LogP contribution >= 0.6 is 7.60 Å². The Labute approximate surface area is 215 Å². The van der Waals surface area contributed by atoms with Gasteiger partial charge in [-0.1, -0.05) is 0 Å². The number of ether oxygens (including phenoxy) is 5. The van der Waals surface area contributed by atoms with Gasteiger partial charge in [0.15, 0.2) is 0 Å². The summed E-state index contributed by atoms with van der Waals surface area (Å²) in [5.74, 6) is 0.793. The van der Waals surface area contributed by atoms with Gasteiger partial charge >= 0.3 is 19.9 Å². The Kier molecular flexibility index (Phi) is 12.2. The Bertz CT molecular complexity index is 1030. The van der Waals surface area contributed by atoms with Gasteiger partial charge in [0.25, 0.3) is 0 Å². The average molecular weight is 547 g/mol. The van der Waals surface area contributed by atoms with E-state index in [2.05, 4.69) is 15.1 Å². The number of carbonyl (C=O) groups is 2. The fourth-order valence-electron chi connectivity index (χ4n) is 2.88. The van der Waals surface area contributed by atoms with Crippen LogP contribution in [-0.4, -0.2) is 70.1 Å². The number of carbonyl (C=O) groups excluding carboxylic acids is 2. The number of aromatic nitrogens is 4. The molecule has 0 N–H and O–H groups in total. The molecular formula is C22H35N4O10P. The second kappa shape index (κ2) is 14.8. The minimum atomic E-state index is -3.99. The fourth-order valence-corrected chi connectivity index (χ4v) is 3.97. The second-order valence-corrected chi connectivity index (χ2v) is 10.5. The van der Waals surface area contributed by atoms with Gasteiger partial charge < -0.3 is 23.7 Å². The normalized spacial score (nSPS) is 12.6. The molecule has 0 bridgehead atoms. The van der Waals surface area contributed by atoms with E-state index in [9.17, 15) is 14.2 Å². The zero-order valence-corrected chi connectivity index (χ0v) is 22.8. The van der Waals surface area contributed by atoms with Gasteiger partial charge in [0.1, 0.15) is 24.0 Å². The number of imidazole rings is 1. The fraction of sp³-hybridized carbons (Fsp3) is 0.682. The van der Waals surface area contributed by atoms with Gasteiger partial charge in [-0.25, -0.2) is 24.1 Å². The molecule has 14 nitrogen and oxygen atoms in total. The lowest BCUT2D eigenvalue weighted by Gasteiger charge is -2.21. The van der Waals surface area contributed by atoms with Gasteiger partial charge in [-0.2, -0.15) is 5.10 Å². The van der Waals surface area contributed by atoms with E-state index in [0.717, 1.165) is 17.0 Å². The molecule has 0 spiro atoms. The van der Waals surface area contributed by atoms with Crippen molar-refractivity contribution < 1.29 is 46.9 Å². The van der Waals surface area contributed by atoms with Crippen LogP contribution in [0.3, 0.4) is 0 Å². The molecular weight excluding hydrogens is 511 g/mol. The van der Waals surface area contributed by atoms with Crippen molar-refractivity contribution in [2.75, 3.05) is 19.9 Å². The first-order valence-corrected chi connectivity index (χ1v) is 13.5. The summed E-state index contributed by atoms with van der Waals surface area (Å²) >= 11 is 0. The largest absolute Gasteiger partial charge is 0.510 e. The summed E-state index contributed by atoms with van der Waals surface area (Å²) in [6.45, 7) is 8.82. The molecule has 37 heavy (non-hydrogen) atoms. The van der Waals surface area contributed by atoms with Crippen LogP contribution in [0.15, 0.2) is 12.5 Å². The molecule has 0 aliphatic carbocycles. The lowest BCUT2D eigenvalue weighted by atomic mass is 10.1. The molecule has 2 heterocycles. The van der Waals surface area contributed by atoms with Gasteiger partial charge in [0.2, 0.25) is 13.6 Å². The van der Waals surface area contributed by atoms with Crippen molar-refractivity contribution in [1.82, 2.24) is 19.6 Å². The molecule has 208 valence electrons. The molecule has 0 aliphatic rings. The zero-order valence-electron chi connectivity index (χ0n) is 21.9. The van der Waals surface area contributed by atoms with Crippen molar-refractivity contribution in [2.24, 2.45) is 0 Å². The standard InChI is InChI=1S/C22H35N4O10P/c1-15(2)35-21(27)30-12-33-37(29,34-13-31-22(28)36-16(3)4)14-32-17(5)8-7-9-20-23-10-19-18(6)24-11-25-26(19)20/h10-11,15-17H,7-9,12-14H2,1-6H3. The zero-order chi connectivity index (χ0) is 27.4. The van der Waals surface area contributed by atoms with Crippen LogP contribution in [0, 0.1) is 6.92 Å². The van der Waals surface area contributed by atoms with E-state index in [0.29, 0.717) is 19.3 Å². The molecule has 1 atom stereocenters. The van der Waals surface area contributed by atoms with Gasteiger partial charge in [-0.05, 0) is 54.4 Å². The van der Waals surface area contributed by atoms with Crippen molar-refractivity contribution in [3.63, 3.8) is 0 Å². The third kappa shape index (κ3) is 11.0. The topological polar surface area (TPSA) is 159 Å². The summed E-state index contributed by atoms with van der Waals surface area (Å²) in [5.41, 5.74) is 1.68. The summed E-state index contributed by atoms with van der Waals surface area (Å²) < 4.78 is 49.9. The third-order valence-electron chi connectivity index (χ3n) is 4.64. The van der Waals surface area contributed by atoms with Crippen molar-refractivity contribution >= 4 is 25.4 Å². The molecule has 0 aliphatic heterocycles. The first-order chi connectivity index (χ1) is 17.5. The Morgan fingerprint density at radius 2 is 1.57 bits per heavy atom. The van der Waals surface area contributed by atoms with Crippen molar-refractivity contribution in [1.29, 1.82) is 0 Å². The van der Waals surface area contributed by atoms with E-state index in [4.69, 9.17) is 32.7 Å². The molecule has 0 radical (unpaired) electrons. The maximum absolute atomic E-state index is 13.1. The smallest absolute Gasteiger partial charge is 0.432 e. The number of hydrogen-bond acceptors (Lipinski definition) is 13. The second-order valence-electron chi connectivity index (χ2n) is 8.54. The highest BCUT2D eigenvalue weighted by molar-refractivity contribution is 7.53. The Morgan fingerprint density at radius 1 is 0.973 bits per heavy atom. The SMILES string of the molecule is Cc1ncnn2c(CCCC(C)OCP(=O)(OCOC(=O)OC(C)C)OCOC(=O)OC(C)C)ncc12. The van der Waals surface area contributed by atoms with Gasteiger partial charge in [-0.3, -0.25) is 13.6 Å². The maximum Gasteiger partial charge on any atom is 0.510 e. The molecule has 2 aromatic rings. The van der Waals surface area contributed by atoms with Crippen LogP contribution in [0.4, 0.5) is 9.59 Å². The predicted molar refractivity (Wildman–Crippen MR) is 129 cm³/mol. The lowest BCUT2D eigenvalue weighted by molar-refractivity contribution is -0.0367. The predicted octanol–water partition coefficient (Wildman–Crippen LogP) is 4.38. The first-order valence-electron chi connectivity index (χ1n) is 11.8. The number of fused-ring (bicyclic) bond motifs is 1. The van der Waals surface area contributed by atoms with E-state index < -0.39 is 52.0 Å². The van der Waals surface area contributed by atoms with Crippen molar-refractivity contribution in [3.05, 3.63) is 24.0 Å². The van der Waals surface area contributed by atoms with Gasteiger partial charge in [-0.15, -0.1) is 0 Å². The Balaban J connectivity index is 1.85. The van der Waals surface area contributed by atoms with E-state index >= 15 is 0 Å². The molecule has 0 aromatic carbocycles. The average Bonchev–Trinajstić information content (AvgIpc) is 3.21. The summed E-state index contributed by atoms with van der Waals surface area (Å²) in [4.78, 5) is 31.6. The summed E-state index contributed by atoms with van der Waals surface area (Å²) in [7, 11) is -3.99. The lowest BCUT2D eigenvalue weighted by Crippen LogP contribution is -2.18. The molecule has 0 saturated heterocycles. The summed E-state index contributed by atoms with van der Waals surface area (Å²) in [6, 6.07) is 0. The number of nitrogens with zero attached hydrogens (tertiary/aromatic N) is 4. The maximum atomic E-state index is 13.1. The molecule has 15 heteroatoms. The minimum absolute atomic E-state index is 0.332. The van der Waals surface area contributed by atoms with E-state index in [1.807, 2.05) is 6.92 Å². The highest BCUT2D eigenvalue weighted by Gasteiger charge is 2.28. The Morgan fingerprint density at radius 3 is 2.14 bits per heavy atom. The minimum Gasteiger partial charge on any atom is -0.432 e. The van der Waals surface area contributed by atoms with Gasteiger partial charge in [0.05, 0.1) is 30.2 Å². The summed E-state index contributed by atoms with van der Waals surface area (Å²) in [5, 5.41) is 4.23. The van der Waals surface area contributed by atoms with Crippen LogP contribution in [0.5, 0.6) is 0 Å². The monoisotopic (exact) mass is 546 g/mol. The molecule has 1 unspecified atom stereocenters. The van der Waals surface area contributed by atoms with E-state index in [1.54, 1.807) is 45.3 Å². The number of aryl methyl sites for hydroxylation is 2. The van der Waals surface area contributed by atoms with E-state index in [1.165, 1.54) is 6.33 Å². The van der Waals surface area contributed by atoms with Crippen LogP contribution in [0.1, 0.15) is 59.0 Å². The van der Waals surface area contributed by atoms with Crippen LogP contribution in [0.2, 0.25) is 0 Å². The van der Waals surface area contributed by atoms with E-state index in [-0.39, 0.29) is 6.10 Å². The van der Waals surface area contributed by atoms with Crippen LogP contribution < -0.4 is 0 Å². The molecule has 0 fully saturated rings. The molecule has 2 aromatic heterocycles. The molecule has 0 saturated carbocycles. The first kappa shape index (κ1) is 30.4. The Hall–Kier alpha value is -2.80. The molecule has 2 rings (SSSR count).